The highest BCUT2D eigenvalue weighted by atomic mass is 32.1. The molecule has 10 heteroatoms. The molecule has 0 unspecified atom stereocenters. The summed E-state index contributed by atoms with van der Waals surface area (Å²) in [7, 11) is 0. The zero-order valence-electron chi connectivity index (χ0n) is 16.4. The van der Waals surface area contributed by atoms with E-state index < -0.39 is 0 Å². The second kappa shape index (κ2) is 7.79. The van der Waals surface area contributed by atoms with Gasteiger partial charge in [0.25, 0.3) is 0 Å². The number of aryl methyl sites for hydroxylation is 1. The van der Waals surface area contributed by atoms with E-state index in [9.17, 15) is 4.79 Å². The second-order valence-electron chi connectivity index (χ2n) is 7.30. The van der Waals surface area contributed by atoms with E-state index in [0.29, 0.717) is 17.5 Å². The van der Waals surface area contributed by atoms with Crippen LogP contribution in [-0.2, 0) is 4.79 Å². The summed E-state index contributed by atoms with van der Waals surface area (Å²) in [6.45, 7) is 3.48. The second-order valence-corrected chi connectivity index (χ2v) is 8.34. The summed E-state index contributed by atoms with van der Waals surface area (Å²) in [5.41, 5.74) is 2.06. The Kier molecular flexibility index (Phi) is 4.83. The molecule has 9 nitrogen and oxygen atoms in total. The van der Waals surface area contributed by atoms with E-state index in [1.165, 1.54) is 17.7 Å². The fourth-order valence-electron chi connectivity index (χ4n) is 3.68. The van der Waals surface area contributed by atoms with E-state index in [-0.39, 0.29) is 11.8 Å². The van der Waals surface area contributed by atoms with Crippen LogP contribution in [0.4, 0.5) is 10.9 Å². The topological polar surface area (TPSA) is 102 Å². The minimum absolute atomic E-state index is 0.00334. The fourth-order valence-corrected chi connectivity index (χ4v) is 4.63. The number of benzene rings is 1. The molecular weight excluding hydrogens is 400 g/mol. The summed E-state index contributed by atoms with van der Waals surface area (Å²) in [6, 6.07) is 9.82. The number of anilines is 2. The van der Waals surface area contributed by atoms with Crippen LogP contribution in [0.15, 0.2) is 43.0 Å². The first-order chi connectivity index (χ1) is 14.7. The van der Waals surface area contributed by atoms with Crippen LogP contribution in [0.25, 0.3) is 16.0 Å². The Hall–Kier alpha value is -3.40. The van der Waals surface area contributed by atoms with Gasteiger partial charge in [0.15, 0.2) is 16.8 Å². The maximum atomic E-state index is 12.9. The van der Waals surface area contributed by atoms with E-state index >= 15 is 0 Å². The summed E-state index contributed by atoms with van der Waals surface area (Å²) >= 11 is 1.51. The average molecular weight is 421 g/mol. The Morgan fingerprint density at radius 2 is 2.07 bits per heavy atom. The van der Waals surface area contributed by atoms with Crippen LogP contribution >= 0.6 is 11.3 Å². The Bertz CT molecular complexity index is 1170. The normalized spacial score (nSPS) is 16.7. The molecule has 1 fully saturated rings. The van der Waals surface area contributed by atoms with Crippen molar-refractivity contribution in [3.63, 3.8) is 0 Å². The van der Waals surface area contributed by atoms with Gasteiger partial charge in [-0.1, -0.05) is 23.5 Å². The van der Waals surface area contributed by atoms with Gasteiger partial charge in [-0.2, -0.15) is 5.10 Å². The molecule has 5 rings (SSSR count). The highest BCUT2D eigenvalue weighted by Gasteiger charge is 2.27. The summed E-state index contributed by atoms with van der Waals surface area (Å²) in [4.78, 5) is 23.5. The van der Waals surface area contributed by atoms with Crippen LogP contribution in [0.5, 0.6) is 0 Å². The smallest absolute Gasteiger partial charge is 0.231 e. The molecule has 1 N–H and O–H groups in total. The van der Waals surface area contributed by atoms with Gasteiger partial charge in [-0.3, -0.25) is 4.79 Å². The molecule has 1 amide bonds. The quantitative estimate of drug-likeness (QED) is 0.542. The summed E-state index contributed by atoms with van der Waals surface area (Å²) in [6.07, 6.45) is 4.80. The summed E-state index contributed by atoms with van der Waals surface area (Å²) in [5, 5.41) is 16.3. The minimum Gasteiger partial charge on any atom is -0.354 e. The molecule has 30 heavy (non-hydrogen) atoms. The lowest BCUT2D eigenvalue weighted by atomic mass is 9.97. The molecule has 1 aliphatic heterocycles. The van der Waals surface area contributed by atoms with Crippen molar-refractivity contribution in [2.24, 2.45) is 5.92 Å². The maximum Gasteiger partial charge on any atom is 0.231 e. The van der Waals surface area contributed by atoms with Gasteiger partial charge in [0.1, 0.15) is 12.7 Å². The van der Waals surface area contributed by atoms with Gasteiger partial charge in [0, 0.05) is 13.1 Å². The van der Waals surface area contributed by atoms with Gasteiger partial charge in [0.2, 0.25) is 5.91 Å². The van der Waals surface area contributed by atoms with Crippen molar-refractivity contribution in [1.82, 2.24) is 29.9 Å². The van der Waals surface area contributed by atoms with Gasteiger partial charge >= 0.3 is 0 Å². The number of para-hydroxylation sites is 1. The van der Waals surface area contributed by atoms with E-state index in [0.717, 1.165) is 41.0 Å². The largest absolute Gasteiger partial charge is 0.354 e. The van der Waals surface area contributed by atoms with E-state index in [1.807, 2.05) is 37.3 Å². The summed E-state index contributed by atoms with van der Waals surface area (Å²) in [5.74, 6) is 1.24. The zero-order valence-corrected chi connectivity index (χ0v) is 17.2. The van der Waals surface area contributed by atoms with E-state index in [4.69, 9.17) is 0 Å². The number of nitrogens with zero attached hydrogens (tertiary/aromatic N) is 7. The number of nitrogens with one attached hydrogen (secondary N) is 1. The number of carbonyl (C=O) groups is 1. The minimum atomic E-state index is -0.122. The van der Waals surface area contributed by atoms with Gasteiger partial charge < -0.3 is 10.2 Å². The van der Waals surface area contributed by atoms with Crippen LogP contribution in [0, 0.1) is 12.8 Å². The number of carbonyl (C=O) groups excluding carboxylic acids is 1. The molecule has 1 aromatic carbocycles. The van der Waals surface area contributed by atoms with Crippen molar-refractivity contribution in [2.45, 2.75) is 19.8 Å². The number of thiazole rings is 1. The molecule has 1 saturated heterocycles. The number of hydrogen-bond donors (Lipinski definition) is 1. The van der Waals surface area contributed by atoms with Gasteiger partial charge in [-0.25, -0.2) is 14.6 Å². The predicted octanol–water partition coefficient (Wildman–Crippen LogP) is 2.83. The third-order valence-electron chi connectivity index (χ3n) is 5.26. The average Bonchev–Trinajstić information content (AvgIpc) is 3.45. The van der Waals surface area contributed by atoms with Gasteiger partial charge in [-0.05, 0) is 43.5 Å². The van der Waals surface area contributed by atoms with E-state index in [2.05, 4.69) is 35.5 Å². The Labute approximate surface area is 176 Å². The van der Waals surface area contributed by atoms with Crippen molar-refractivity contribution >= 4 is 38.4 Å². The Morgan fingerprint density at radius 1 is 1.20 bits per heavy atom. The lowest BCUT2D eigenvalue weighted by Gasteiger charge is -2.32. The first-order valence-corrected chi connectivity index (χ1v) is 10.6. The maximum absolute atomic E-state index is 12.9. The number of rotatable bonds is 4. The molecule has 0 bridgehead atoms. The molecular formula is C20H20N8OS. The van der Waals surface area contributed by atoms with Gasteiger partial charge in [-0.15, -0.1) is 10.2 Å². The molecule has 4 aromatic rings. The van der Waals surface area contributed by atoms with Crippen LogP contribution in [0.3, 0.4) is 0 Å². The lowest BCUT2D eigenvalue weighted by Crippen LogP contribution is -2.41. The predicted molar refractivity (Wildman–Crippen MR) is 115 cm³/mol. The summed E-state index contributed by atoms with van der Waals surface area (Å²) < 4.78 is 2.64. The molecule has 152 valence electrons. The molecule has 4 heterocycles. The fraction of sp³-hybridized carbons (Fsp3) is 0.300. The lowest BCUT2D eigenvalue weighted by molar-refractivity contribution is -0.120. The zero-order chi connectivity index (χ0) is 20.5. The molecule has 0 aliphatic carbocycles. The number of fused-ring (bicyclic) bond motifs is 1. The number of aromatic nitrogens is 6. The van der Waals surface area contributed by atoms with Crippen molar-refractivity contribution in [2.75, 3.05) is 23.3 Å². The first-order valence-electron chi connectivity index (χ1n) is 9.78. The van der Waals surface area contributed by atoms with Gasteiger partial charge in [0.05, 0.1) is 16.1 Å². The monoisotopic (exact) mass is 420 g/mol. The van der Waals surface area contributed by atoms with Crippen molar-refractivity contribution < 1.29 is 4.79 Å². The van der Waals surface area contributed by atoms with Crippen molar-refractivity contribution in [3.8, 4) is 5.82 Å². The van der Waals surface area contributed by atoms with E-state index in [1.54, 1.807) is 11.0 Å². The number of amides is 1. The number of hydrogen-bond acceptors (Lipinski definition) is 8. The highest BCUT2D eigenvalue weighted by Crippen LogP contribution is 2.29. The highest BCUT2D eigenvalue weighted by molar-refractivity contribution is 7.22. The molecule has 0 spiro atoms. The van der Waals surface area contributed by atoms with Crippen LogP contribution < -0.4 is 10.2 Å². The van der Waals surface area contributed by atoms with Crippen molar-refractivity contribution in [1.29, 1.82) is 0 Å². The van der Waals surface area contributed by atoms with Crippen LogP contribution in [0.1, 0.15) is 18.4 Å². The standard InChI is InChI=1S/C20H20N8OS/c1-13-4-2-6-15-18(13)23-20(30-15)24-19(29)14-5-3-9-27(10-14)16-7-8-17(26-25-16)28-12-21-11-22-28/h2,4,6-8,11-12,14H,3,5,9-10H2,1H3,(H,23,24,29)/t14-/m1/s1. The Morgan fingerprint density at radius 3 is 2.83 bits per heavy atom. The van der Waals surface area contributed by atoms with Crippen LogP contribution in [-0.4, -0.2) is 48.9 Å². The molecule has 1 atom stereocenters. The molecule has 0 saturated carbocycles. The molecule has 0 radical (unpaired) electrons. The Balaban J connectivity index is 1.27. The number of piperidine rings is 1. The molecule has 1 aliphatic rings. The third kappa shape index (κ3) is 3.61. The first kappa shape index (κ1) is 18.6. The van der Waals surface area contributed by atoms with Crippen molar-refractivity contribution in [3.05, 3.63) is 48.5 Å². The SMILES string of the molecule is Cc1cccc2sc(NC(=O)[C@@H]3CCCN(c4ccc(-n5cncn5)nn4)C3)nc12. The third-order valence-corrected chi connectivity index (χ3v) is 6.19. The van der Waals surface area contributed by atoms with Crippen LogP contribution in [0.2, 0.25) is 0 Å². The molecule has 3 aromatic heterocycles.